The summed E-state index contributed by atoms with van der Waals surface area (Å²) in [4.78, 5) is 14.6. The van der Waals surface area contributed by atoms with Gasteiger partial charge in [0.1, 0.15) is 0 Å². The van der Waals surface area contributed by atoms with E-state index in [2.05, 4.69) is 15.5 Å². The average molecular weight is 475 g/mol. The number of likely N-dealkylation sites (tertiary alicyclic amines) is 1. The number of aliphatic hydroxyl groups is 1. The molecule has 1 aliphatic heterocycles. The van der Waals surface area contributed by atoms with Crippen molar-refractivity contribution in [3.8, 4) is 0 Å². The molecule has 2 aromatic carbocycles. The lowest BCUT2D eigenvalue weighted by atomic mass is 9.92. The summed E-state index contributed by atoms with van der Waals surface area (Å²) < 4.78 is 78.0. The minimum absolute atomic E-state index is 0.178. The molecule has 0 aliphatic carbocycles. The van der Waals surface area contributed by atoms with Crippen molar-refractivity contribution in [2.75, 3.05) is 31.5 Å². The van der Waals surface area contributed by atoms with Crippen molar-refractivity contribution in [2.24, 2.45) is 0 Å². The first-order valence-corrected chi connectivity index (χ1v) is 10.3. The topological polar surface area (TPSA) is 64.6 Å². The molecule has 1 heterocycles. The number of amides is 1. The third kappa shape index (κ3) is 5.59. The molecule has 180 valence electrons. The van der Waals surface area contributed by atoms with E-state index in [-0.39, 0.29) is 11.6 Å². The predicted octanol–water partition coefficient (Wildman–Crippen LogP) is 4.57. The number of nitrogens with one attached hydrogen (secondary N) is 2. The number of rotatable bonds is 7. The first-order chi connectivity index (χ1) is 15.4. The Bertz CT molecular complexity index is 940. The third-order valence-electron chi connectivity index (χ3n) is 5.45. The van der Waals surface area contributed by atoms with Crippen molar-refractivity contribution in [1.29, 1.82) is 0 Å². The molecule has 0 saturated carbocycles. The van der Waals surface area contributed by atoms with E-state index >= 15 is 0 Å². The maximum absolute atomic E-state index is 13.0. The lowest BCUT2D eigenvalue weighted by Crippen LogP contribution is -2.53. The summed E-state index contributed by atoms with van der Waals surface area (Å²) in [6, 6.07) is 9.37. The Morgan fingerprint density at radius 3 is 2.09 bits per heavy atom. The Hall–Kier alpha value is -2.79. The van der Waals surface area contributed by atoms with Crippen LogP contribution in [0.2, 0.25) is 0 Å². The quantitative estimate of drug-likeness (QED) is 0.514. The number of hydrogen-bond acceptors (Lipinski definition) is 4. The predicted molar refractivity (Wildman–Crippen MR) is 110 cm³/mol. The fourth-order valence-electron chi connectivity index (χ4n) is 3.62. The van der Waals surface area contributed by atoms with Crippen LogP contribution >= 0.6 is 0 Å². The summed E-state index contributed by atoms with van der Waals surface area (Å²) in [5.74, 6) is -0.298. The second-order valence-corrected chi connectivity index (χ2v) is 7.79. The van der Waals surface area contributed by atoms with E-state index in [0.29, 0.717) is 29.9 Å². The van der Waals surface area contributed by atoms with Gasteiger partial charge < -0.3 is 20.6 Å². The number of anilines is 2. The SMILES string of the molecule is O=C(NCCN1CCCC1)c1cccc(Nc2ccc(C(O)(C(F)(F)F)C(F)(F)F)cc2)c1. The first-order valence-electron chi connectivity index (χ1n) is 10.3. The lowest BCUT2D eigenvalue weighted by Gasteiger charge is -2.32. The molecule has 0 atom stereocenters. The van der Waals surface area contributed by atoms with Gasteiger partial charge in [0.25, 0.3) is 11.5 Å². The molecule has 0 aromatic heterocycles. The van der Waals surface area contributed by atoms with Crippen LogP contribution in [0.5, 0.6) is 0 Å². The van der Waals surface area contributed by atoms with Crippen LogP contribution in [0.4, 0.5) is 37.7 Å². The fourth-order valence-corrected chi connectivity index (χ4v) is 3.62. The Morgan fingerprint density at radius 1 is 0.909 bits per heavy atom. The standard InChI is InChI=1S/C22H23F6N3O2/c23-21(24,25)20(33,22(26,27)28)16-6-8-17(9-7-16)30-18-5-3-4-15(14-18)19(32)29-10-13-31-11-1-2-12-31/h3-9,14,30,33H,1-2,10-13H2,(H,29,32). The molecule has 1 amide bonds. The van der Waals surface area contributed by atoms with Gasteiger partial charge in [0.15, 0.2) is 0 Å². The normalized spacial score (nSPS) is 15.5. The summed E-state index contributed by atoms with van der Waals surface area (Å²) in [5, 5.41) is 15.1. The maximum atomic E-state index is 13.0. The molecule has 11 heteroatoms. The molecule has 1 saturated heterocycles. The van der Waals surface area contributed by atoms with Crippen molar-refractivity contribution in [3.05, 3.63) is 59.7 Å². The van der Waals surface area contributed by atoms with Crippen LogP contribution in [0.15, 0.2) is 48.5 Å². The Kier molecular flexibility index (Phi) is 7.23. The van der Waals surface area contributed by atoms with Gasteiger partial charge in [-0.05, 0) is 56.3 Å². The van der Waals surface area contributed by atoms with Gasteiger partial charge in [-0.15, -0.1) is 0 Å². The highest BCUT2D eigenvalue weighted by molar-refractivity contribution is 5.95. The highest BCUT2D eigenvalue weighted by atomic mass is 19.4. The number of alkyl halides is 6. The minimum atomic E-state index is -5.95. The number of carbonyl (C=O) groups is 1. The molecule has 3 rings (SSSR count). The highest BCUT2D eigenvalue weighted by Gasteiger charge is 2.71. The molecule has 3 N–H and O–H groups in total. The van der Waals surface area contributed by atoms with Crippen molar-refractivity contribution in [3.63, 3.8) is 0 Å². The van der Waals surface area contributed by atoms with Crippen LogP contribution in [0.1, 0.15) is 28.8 Å². The molecular formula is C22H23F6N3O2. The van der Waals surface area contributed by atoms with Gasteiger partial charge in [-0.1, -0.05) is 18.2 Å². The summed E-state index contributed by atoms with van der Waals surface area (Å²) in [5.41, 5.74) is -5.39. The van der Waals surface area contributed by atoms with Crippen LogP contribution in [0, 0.1) is 0 Å². The largest absolute Gasteiger partial charge is 0.430 e. The van der Waals surface area contributed by atoms with E-state index in [0.717, 1.165) is 44.6 Å². The van der Waals surface area contributed by atoms with Crippen molar-refractivity contribution < 1.29 is 36.2 Å². The molecule has 2 aromatic rings. The van der Waals surface area contributed by atoms with Crippen LogP contribution in [-0.4, -0.2) is 54.4 Å². The fraction of sp³-hybridized carbons (Fsp3) is 0.409. The number of carbonyl (C=O) groups excluding carboxylic acids is 1. The van der Waals surface area contributed by atoms with Crippen LogP contribution in [0.25, 0.3) is 0 Å². The van der Waals surface area contributed by atoms with Gasteiger partial charge in [0.2, 0.25) is 0 Å². The monoisotopic (exact) mass is 475 g/mol. The second kappa shape index (κ2) is 9.60. The van der Waals surface area contributed by atoms with E-state index in [1.165, 1.54) is 6.07 Å². The number of benzene rings is 2. The number of halogens is 6. The summed E-state index contributed by atoms with van der Waals surface area (Å²) >= 11 is 0. The summed E-state index contributed by atoms with van der Waals surface area (Å²) in [6.07, 6.45) is -9.60. The van der Waals surface area contributed by atoms with Gasteiger partial charge in [-0.25, -0.2) is 0 Å². The van der Waals surface area contributed by atoms with Gasteiger partial charge in [0.05, 0.1) is 0 Å². The third-order valence-corrected chi connectivity index (χ3v) is 5.45. The minimum Gasteiger partial charge on any atom is -0.369 e. The Labute approximate surface area is 186 Å². The van der Waals surface area contributed by atoms with E-state index in [1.54, 1.807) is 18.2 Å². The van der Waals surface area contributed by atoms with Crippen molar-refractivity contribution in [2.45, 2.75) is 30.8 Å². The van der Waals surface area contributed by atoms with E-state index in [9.17, 15) is 36.2 Å². The Balaban J connectivity index is 1.67. The van der Waals surface area contributed by atoms with Crippen LogP contribution in [-0.2, 0) is 5.60 Å². The first kappa shape index (κ1) is 24.8. The highest BCUT2D eigenvalue weighted by Crippen LogP contribution is 2.50. The Morgan fingerprint density at radius 2 is 1.52 bits per heavy atom. The lowest BCUT2D eigenvalue weighted by molar-refractivity contribution is -0.376. The average Bonchev–Trinajstić information content (AvgIpc) is 3.26. The molecule has 1 fully saturated rings. The van der Waals surface area contributed by atoms with E-state index < -0.39 is 23.5 Å². The van der Waals surface area contributed by atoms with Gasteiger partial charge in [-0.3, -0.25) is 4.79 Å². The molecule has 0 radical (unpaired) electrons. The molecule has 33 heavy (non-hydrogen) atoms. The van der Waals surface area contributed by atoms with E-state index in [4.69, 9.17) is 0 Å². The zero-order chi connectivity index (χ0) is 24.3. The van der Waals surface area contributed by atoms with Gasteiger partial charge >= 0.3 is 12.4 Å². The molecule has 5 nitrogen and oxygen atoms in total. The molecular weight excluding hydrogens is 452 g/mol. The summed E-state index contributed by atoms with van der Waals surface area (Å²) in [6.45, 7) is 3.26. The van der Waals surface area contributed by atoms with Gasteiger partial charge in [-0.2, -0.15) is 26.3 Å². The van der Waals surface area contributed by atoms with Crippen molar-refractivity contribution >= 4 is 17.3 Å². The maximum Gasteiger partial charge on any atom is 0.430 e. The van der Waals surface area contributed by atoms with Crippen molar-refractivity contribution in [1.82, 2.24) is 10.2 Å². The number of hydrogen-bond donors (Lipinski definition) is 3. The van der Waals surface area contributed by atoms with Crippen LogP contribution < -0.4 is 10.6 Å². The molecule has 0 unspecified atom stereocenters. The molecule has 1 aliphatic rings. The van der Waals surface area contributed by atoms with Gasteiger partial charge in [0, 0.05) is 35.6 Å². The molecule has 0 spiro atoms. The number of nitrogens with zero attached hydrogens (tertiary/aromatic N) is 1. The summed E-state index contributed by atoms with van der Waals surface area (Å²) in [7, 11) is 0. The smallest absolute Gasteiger partial charge is 0.369 e. The molecule has 0 bridgehead atoms. The zero-order valence-electron chi connectivity index (χ0n) is 17.4. The van der Waals surface area contributed by atoms with Crippen LogP contribution in [0.3, 0.4) is 0 Å². The van der Waals surface area contributed by atoms with E-state index in [1.807, 2.05) is 0 Å². The second-order valence-electron chi connectivity index (χ2n) is 7.79. The zero-order valence-corrected chi connectivity index (χ0v) is 17.4.